The standard InChI is InChI=1S/C26H45NO21/c1-6(32)27-11-15(36)12(33)7(2-28)43-24(11)47-21-13(34)8(3-29)45-26(18(21)39)48-22-14(35)9(4-30)44-25(19(22)40)46-20-10(5-31)42-23(41)17(38)16(20)37/h7-26,28-31,33-41H,2-5H2,1H3,(H,27,32)/t7-,8-,9-,10-,11-,12-,13+,14+,15-,16-,17-,18-,19-,20-,21+,22+,23-,24+,25+,26-/m1/s1. The second kappa shape index (κ2) is 16.8. The molecule has 0 aromatic rings. The molecule has 0 saturated carbocycles. The number of carbonyl (C=O) groups is 1. The number of ether oxygens (including phenoxy) is 7. The van der Waals surface area contributed by atoms with Gasteiger partial charge in [0.25, 0.3) is 0 Å². The van der Waals surface area contributed by atoms with Crippen LogP contribution in [0.4, 0.5) is 0 Å². The van der Waals surface area contributed by atoms with Gasteiger partial charge in [-0.2, -0.15) is 0 Å². The van der Waals surface area contributed by atoms with E-state index in [4.69, 9.17) is 33.2 Å². The summed E-state index contributed by atoms with van der Waals surface area (Å²) in [7, 11) is 0. The fraction of sp³-hybridized carbons (Fsp3) is 0.962. The van der Waals surface area contributed by atoms with E-state index in [1.165, 1.54) is 0 Å². The minimum atomic E-state index is -2.06. The highest BCUT2D eigenvalue weighted by Crippen LogP contribution is 2.34. The average molecular weight is 708 g/mol. The van der Waals surface area contributed by atoms with Crippen LogP contribution in [0.1, 0.15) is 6.92 Å². The fourth-order valence-electron chi connectivity index (χ4n) is 5.94. The van der Waals surface area contributed by atoms with E-state index in [1.54, 1.807) is 0 Å². The molecule has 22 heteroatoms. The van der Waals surface area contributed by atoms with E-state index < -0.39 is 155 Å². The zero-order valence-corrected chi connectivity index (χ0v) is 25.5. The van der Waals surface area contributed by atoms with Gasteiger partial charge in [-0.3, -0.25) is 4.79 Å². The topological polar surface area (TPSA) is 357 Å². The first-order chi connectivity index (χ1) is 22.7. The molecule has 22 nitrogen and oxygen atoms in total. The van der Waals surface area contributed by atoms with Gasteiger partial charge in [-0.25, -0.2) is 0 Å². The molecule has 0 aliphatic carbocycles. The lowest BCUT2D eigenvalue weighted by molar-refractivity contribution is -0.386. The van der Waals surface area contributed by atoms with Crippen LogP contribution >= 0.6 is 0 Å². The van der Waals surface area contributed by atoms with Crippen molar-refractivity contribution in [1.29, 1.82) is 0 Å². The number of aliphatic hydroxyl groups excluding tert-OH is 13. The maximum absolute atomic E-state index is 11.8. The lowest BCUT2D eigenvalue weighted by Crippen LogP contribution is -2.69. The smallest absolute Gasteiger partial charge is 0.217 e. The van der Waals surface area contributed by atoms with Crippen molar-refractivity contribution in [3.8, 4) is 0 Å². The molecule has 48 heavy (non-hydrogen) atoms. The van der Waals surface area contributed by atoms with E-state index in [-0.39, 0.29) is 0 Å². The summed E-state index contributed by atoms with van der Waals surface area (Å²) >= 11 is 0. The Bertz CT molecular complexity index is 1030. The van der Waals surface area contributed by atoms with Crippen LogP contribution in [-0.2, 0) is 38.0 Å². The molecule has 0 aromatic carbocycles. The highest BCUT2D eigenvalue weighted by molar-refractivity contribution is 5.73. The average Bonchev–Trinajstić information content (AvgIpc) is 3.06. The SMILES string of the molecule is CC(=O)N[C@H]1[C@H](O[C@H]2[C@@H](O)[C@@H](CO)O[C@H](O[C@H]3[C@@H](O)[C@@H](CO)O[C@@H](O[C@H]4[C@H](O)[C@@H](O)[C@H](O)O[C@@H]4CO)[C@@H]3O)[C@@H]2O)O[C@H](CO)[C@@H](O)[C@@H]1O. The monoisotopic (exact) mass is 707 g/mol. The van der Waals surface area contributed by atoms with E-state index in [9.17, 15) is 71.2 Å². The summed E-state index contributed by atoms with van der Waals surface area (Å²) < 4.78 is 38.4. The van der Waals surface area contributed by atoms with Crippen LogP contribution in [0.2, 0.25) is 0 Å². The van der Waals surface area contributed by atoms with Crippen molar-refractivity contribution in [1.82, 2.24) is 5.32 Å². The first kappa shape index (κ1) is 39.5. The Balaban J connectivity index is 1.56. The molecule has 4 aliphatic rings. The molecule has 280 valence electrons. The van der Waals surface area contributed by atoms with Gasteiger partial charge < -0.3 is 105 Å². The minimum absolute atomic E-state index is 0.700. The number of aliphatic hydroxyl groups is 13. The van der Waals surface area contributed by atoms with Crippen molar-refractivity contribution >= 4 is 5.91 Å². The zero-order chi connectivity index (χ0) is 35.6. The molecule has 14 N–H and O–H groups in total. The molecule has 0 spiro atoms. The van der Waals surface area contributed by atoms with E-state index in [0.29, 0.717) is 0 Å². The van der Waals surface area contributed by atoms with Gasteiger partial charge in [0, 0.05) is 6.92 Å². The van der Waals surface area contributed by atoms with Crippen LogP contribution in [0.15, 0.2) is 0 Å². The highest BCUT2D eigenvalue weighted by atomic mass is 16.8. The van der Waals surface area contributed by atoms with E-state index in [0.717, 1.165) is 6.92 Å². The highest BCUT2D eigenvalue weighted by Gasteiger charge is 2.55. The Morgan fingerprint density at radius 1 is 0.500 bits per heavy atom. The van der Waals surface area contributed by atoms with Crippen LogP contribution in [0.3, 0.4) is 0 Å². The normalized spacial score (nSPS) is 50.2. The predicted molar refractivity (Wildman–Crippen MR) is 145 cm³/mol. The molecule has 1 amide bonds. The van der Waals surface area contributed by atoms with Crippen LogP contribution in [-0.4, -0.2) is 221 Å². The molecular formula is C26H45NO21. The molecule has 20 atom stereocenters. The number of hydrogen-bond acceptors (Lipinski definition) is 21. The number of hydrogen-bond donors (Lipinski definition) is 14. The van der Waals surface area contributed by atoms with Crippen molar-refractivity contribution in [3.05, 3.63) is 0 Å². The Labute approximate surface area is 272 Å². The quantitative estimate of drug-likeness (QED) is 0.0947. The van der Waals surface area contributed by atoms with E-state index in [2.05, 4.69) is 5.32 Å². The van der Waals surface area contributed by atoms with Crippen LogP contribution < -0.4 is 5.32 Å². The molecule has 0 radical (unpaired) electrons. The van der Waals surface area contributed by atoms with Crippen molar-refractivity contribution < 1.29 is 104 Å². The Morgan fingerprint density at radius 2 is 0.917 bits per heavy atom. The van der Waals surface area contributed by atoms with Gasteiger partial charge in [0.15, 0.2) is 25.2 Å². The third-order valence-corrected chi connectivity index (χ3v) is 8.61. The Morgan fingerprint density at radius 3 is 1.38 bits per heavy atom. The molecule has 4 aliphatic heterocycles. The van der Waals surface area contributed by atoms with Gasteiger partial charge >= 0.3 is 0 Å². The molecule has 0 bridgehead atoms. The predicted octanol–water partition coefficient (Wildman–Crippen LogP) is -9.61. The molecular weight excluding hydrogens is 662 g/mol. The van der Waals surface area contributed by atoms with E-state index >= 15 is 0 Å². The van der Waals surface area contributed by atoms with Gasteiger partial charge in [-0.15, -0.1) is 0 Å². The summed E-state index contributed by atoms with van der Waals surface area (Å²) in [6, 6.07) is -1.50. The van der Waals surface area contributed by atoms with Gasteiger partial charge in [0.2, 0.25) is 5.91 Å². The number of rotatable bonds is 11. The number of nitrogens with one attached hydrogen (secondary N) is 1. The summed E-state index contributed by atoms with van der Waals surface area (Å²) in [6.45, 7) is -2.38. The second-order valence-corrected chi connectivity index (χ2v) is 11.9. The summed E-state index contributed by atoms with van der Waals surface area (Å²) in [6.07, 6.45) is -33.9. The molecule has 4 saturated heterocycles. The third kappa shape index (κ3) is 8.08. The first-order valence-corrected chi connectivity index (χ1v) is 15.1. The fourth-order valence-corrected chi connectivity index (χ4v) is 5.94. The van der Waals surface area contributed by atoms with Crippen molar-refractivity contribution in [2.45, 2.75) is 130 Å². The summed E-state index contributed by atoms with van der Waals surface area (Å²) in [5.74, 6) is -0.700. The number of amides is 1. The lowest BCUT2D eigenvalue weighted by atomic mass is 9.95. The summed E-state index contributed by atoms with van der Waals surface area (Å²) in [5.41, 5.74) is 0. The second-order valence-electron chi connectivity index (χ2n) is 11.9. The van der Waals surface area contributed by atoms with Gasteiger partial charge in [0.1, 0.15) is 97.6 Å². The zero-order valence-electron chi connectivity index (χ0n) is 25.5. The molecule has 4 fully saturated rings. The molecule has 0 aromatic heterocycles. The van der Waals surface area contributed by atoms with Crippen molar-refractivity contribution in [2.24, 2.45) is 0 Å². The van der Waals surface area contributed by atoms with Crippen molar-refractivity contribution in [3.63, 3.8) is 0 Å². The summed E-state index contributed by atoms with van der Waals surface area (Å²) in [4.78, 5) is 11.8. The lowest BCUT2D eigenvalue weighted by Gasteiger charge is -2.49. The van der Waals surface area contributed by atoms with Crippen LogP contribution in [0.25, 0.3) is 0 Å². The third-order valence-electron chi connectivity index (χ3n) is 8.61. The van der Waals surface area contributed by atoms with Crippen molar-refractivity contribution in [2.75, 3.05) is 26.4 Å². The van der Waals surface area contributed by atoms with Gasteiger partial charge in [-0.05, 0) is 0 Å². The molecule has 4 heterocycles. The number of carbonyl (C=O) groups excluding carboxylic acids is 1. The van der Waals surface area contributed by atoms with E-state index in [1.807, 2.05) is 0 Å². The van der Waals surface area contributed by atoms with Crippen LogP contribution in [0, 0.1) is 0 Å². The van der Waals surface area contributed by atoms with Crippen LogP contribution in [0.5, 0.6) is 0 Å². The minimum Gasteiger partial charge on any atom is -0.394 e. The molecule has 0 unspecified atom stereocenters. The largest absolute Gasteiger partial charge is 0.394 e. The van der Waals surface area contributed by atoms with Gasteiger partial charge in [-0.1, -0.05) is 0 Å². The molecule has 4 rings (SSSR count). The Hall–Kier alpha value is -1.33. The Kier molecular flexibility index (Phi) is 13.8. The maximum Gasteiger partial charge on any atom is 0.217 e. The first-order valence-electron chi connectivity index (χ1n) is 15.1. The summed E-state index contributed by atoms with van der Waals surface area (Å²) in [5, 5.41) is 137. The van der Waals surface area contributed by atoms with Gasteiger partial charge in [0.05, 0.1) is 26.4 Å². The maximum atomic E-state index is 11.8.